The highest BCUT2D eigenvalue weighted by Gasteiger charge is 2.10. The van der Waals surface area contributed by atoms with E-state index in [1.165, 1.54) is 22.9 Å². The molecule has 1 aromatic heterocycles. The lowest BCUT2D eigenvalue weighted by Gasteiger charge is -2.14. The molecule has 0 aliphatic heterocycles. The molecule has 2 rings (SSSR count). The fourth-order valence-electron chi connectivity index (χ4n) is 2.08. The molecular formula is C16H17ClN2O2. The van der Waals surface area contributed by atoms with Crippen LogP contribution in [0.4, 0.5) is 5.69 Å². The zero-order valence-corrected chi connectivity index (χ0v) is 12.7. The standard InChI is InChI=1S/C16H17ClN2O2/c1-11(2)13-5-3-4-6-14(13)18-15(20)10-19-9-12(17)7-8-16(19)21/h3-9,11H,10H2,1-2H3,(H,18,20). The summed E-state index contributed by atoms with van der Waals surface area (Å²) in [6.07, 6.45) is 1.46. The Kier molecular flexibility index (Phi) is 4.81. The fraction of sp³-hybridized carbons (Fsp3) is 0.250. The van der Waals surface area contributed by atoms with Crippen molar-refractivity contribution in [3.05, 3.63) is 63.5 Å². The molecule has 4 nitrogen and oxygen atoms in total. The van der Waals surface area contributed by atoms with Crippen molar-refractivity contribution >= 4 is 23.2 Å². The van der Waals surface area contributed by atoms with E-state index in [1.54, 1.807) is 0 Å². The van der Waals surface area contributed by atoms with Crippen molar-refractivity contribution in [2.45, 2.75) is 26.3 Å². The minimum Gasteiger partial charge on any atom is -0.324 e. The predicted molar refractivity (Wildman–Crippen MR) is 84.9 cm³/mol. The fourth-order valence-corrected chi connectivity index (χ4v) is 2.27. The molecule has 110 valence electrons. The Labute approximate surface area is 128 Å². The number of amides is 1. The number of benzene rings is 1. The maximum atomic E-state index is 12.1. The molecule has 1 aromatic carbocycles. The van der Waals surface area contributed by atoms with Gasteiger partial charge in [0.25, 0.3) is 5.56 Å². The quantitative estimate of drug-likeness (QED) is 0.942. The molecule has 1 heterocycles. The maximum Gasteiger partial charge on any atom is 0.251 e. The van der Waals surface area contributed by atoms with E-state index in [2.05, 4.69) is 19.2 Å². The van der Waals surface area contributed by atoms with Crippen molar-refractivity contribution in [3.63, 3.8) is 0 Å². The third-order valence-corrected chi connectivity index (χ3v) is 3.34. The minimum absolute atomic E-state index is 0.0637. The van der Waals surface area contributed by atoms with Crippen molar-refractivity contribution in [3.8, 4) is 0 Å². The Bertz CT molecular complexity index is 707. The lowest BCUT2D eigenvalue weighted by molar-refractivity contribution is -0.116. The Balaban J connectivity index is 2.16. The number of carbonyl (C=O) groups is 1. The second-order valence-corrected chi connectivity index (χ2v) is 5.54. The van der Waals surface area contributed by atoms with Gasteiger partial charge in [0.1, 0.15) is 6.54 Å². The number of nitrogens with zero attached hydrogens (tertiary/aromatic N) is 1. The highest BCUT2D eigenvalue weighted by molar-refractivity contribution is 6.30. The summed E-state index contributed by atoms with van der Waals surface area (Å²) in [6, 6.07) is 10.5. The molecule has 0 atom stereocenters. The summed E-state index contributed by atoms with van der Waals surface area (Å²) in [6.45, 7) is 4.06. The zero-order valence-electron chi connectivity index (χ0n) is 12.0. The lowest BCUT2D eigenvalue weighted by Crippen LogP contribution is -2.27. The minimum atomic E-state index is -0.258. The summed E-state index contributed by atoms with van der Waals surface area (Å²) in [5, 5.41) is 3.27. The predicted octanol–water partition coefficient (Wildman–Crippen LogP) is 3.26. The molecule has 5 heteroatoms. The summed E-state index contributed by atoms with van der Waals surface area (Å²) in [5.74, 6) is 0.0443. The molecule has 0 saturated heterocycles. The van der Waals surface area contributed by atoms with Crippen LogP contribution in [0.3, 0.4) is 0 Å². The van der Waals surface area contributed by atoms with Gasteiger partial charge in [0, 0.05) is 18.0 Å². The number of hydrogen-bond donors (Lipinski definition) is 1. The van der Waals surface area contributed by atoms with Crippen molar-refractivity contribution in [2.75, 3.05) is 5.32 Å². The van der Waals surface area contributed by atoms with Gasteiger partial charge in [-0.15, -0.1) is 0 Å². The van der Waals surface area contributed by atoms with Crippen LogP contribution in [-0.2, 0) is 11.3 Å². The number of anilines is 1. The third-order valence-electron chi connectivity index (χ3n) is 3.12. The molecule has 2 aromatic rings. The monoisotopic (exact) mass is 304 g/mol. The van der Waals surface area contributed by atoms with E-state index in [0.717, 1.165) is 11.3 Å². The second kappa shape index (κ2) is 6.59. The molecule has 1 N–H and O–H groups in total. The Morgan fingerprint density at radius 3 is 2.67 bits per heavy atom. The smallest absolute Gasteiger partial charge is 0.251 e. The summed E-state index contributed by atoms with van der Waals surface area (Å²) in [5.41, 5.74) is 1.57. The normalized spacial score (nSPS) is 10.7. The van der Waals surface area contributed by atoms with Gasteiger partial charge in [-0.1, -0.05) is 43.6 Å². The summed E-state index contributed by atoms with van der Waals surface area (Å²) < 4.78 is 1.29. The molecule has 0 bridgehead atoms. The SMILES string of the molecule is CC(C)c1ccccc1NC(=O)Cn1cc(Cl)ccc1=O. The van der Waals surface area contributed by atoms with Gasteiger partial charge in [-0.2, -0.15) is 0 Å². The number of rotatable bonds is 4. The molecule has 0 unspecified atom stereocenters. The van der Waals surface area contributed by atoms with Gasteiger partial charge < -0.3 is 9.88 Å². The van der Waals surface area contributed by atoms with Gasteiger partial charge in [0.2, 0.25) is 5.91 Å². The molecular weight excluding hydrogens is 288 g/mol. The van der Waals surface area contributed by atoms with Gasteiger partial charge in [0.05, 0.1) is 5.02 Å². The van der Waals surface area contributed by atoms with Crippen molar-refractivity contribution in [1.82, 2.24) is 4.57 Å². The van der Waals surface area contributed by atoms with Gasteiger partial charge in [-0.05, 0) is 23.6 Å². The summed E-state index contributed by atoms with van der Waals surface area (Å²) >= 11 is 5.84. The summed E-state index contributed by atoms with van der Waals surface area (Å²) in [7, 11) is 0. The number of nitrogens with one attached hydrogen (secondary N) is 1. The molecule has 21 heavy (non-hydrogen) atoms. The van der Waals surface area contributed by atoms with Crippen molar-refractivity contribution in [2.24, 2.45) is 0 Å². The van der Waals surface area contributed by atoms with E-state index in [4.69, 9.17) is 11.6 Å². The van der Waals surface area contributed by atoms with Gasteiger partial charge in [-0.25, -0.2) is 0 Å². The largest absolute Gasteiger partial charge is 0.324 e. The molecule has 1 amide bonds. The van der Waals surface area contributed by atoms with E-state index in [-0.39, 0.29) is 18.0 Å². The topological polar surface area (TPSA) is 51.1 Å². The first-order chi connectivity index (χ1) is 9.97. The van der Waals surface area contributed by atoms with E-state index in [9.17, 15) is 9.59 Å². The van der Waals surface area contributed by atoms with Crippen LogP contribution < -0.4 is 10.9 Å². The van der Waals surface area contributed by atoms with Crippen LogP contribution in [0.1, 0.15) is 25.3 Å². The van der Waals surface area contributed by atoms with Gasteiger partial charge in [0.15, 0.2) is 0 Å². The van der Waals surface area contributed by atoms with Crippen LogP contribution >= 0.6 is 11.6 Å². The van der Waals surface area contributed by atoms with E-state index in [1.807, 2.05) is 24.3 Å². The van der Waals surface area contributed by atoms with Crippen LogP contribution in [0.25, 0.3) is 0 Å². The highest BCUT2D eigenvalue weighted by Crippen LogP contribution is 2.23. The number of carbonyl (C=O) groups excluding carboxylic acids is 1. The average Bonchev–Trinajstić information content (AvgIpc) is 2.43. The van der Waals surface area contributed by atoms with Gasteiger partial charge in [-0.3, -0.25) is 9.59 Å². The number of aromatic nitrogens is 1. The van der Waals surface area contributed by atoms with Crippen molar-refractivity contribution < 1.29 is 4.79 Å². The molecule has 0 saturated carbocycles. The Morgan fingerprint density at radius 2 is 1.95 bits per heavy atom. The highest BCUT2D eigenvalue weighted by atomic mass is 35.5. The average molecular weight is 305 g/mol. The summed E-state index contributed by atoms with van der Waals surface area (Å²) in [4.78, 5) is 23.8. The van der Waals surface area contributed by atoms with Crippen LogP contribution in [0.2, 0.25) is 5.02 Å². The first-order valence-electron chi connectivity index (χ1n) is 6.72. The lowest BCUT2D eigenvalue weighted by atomic mass is 10.0. The number of pyridine rings is 1. The van der Waals surface area contributed by atoms with Crippen molar-refractivity contribution in [1.29, 1.82) is 0 Å². The van der Waals surface area contributed by atoms with Gasteiger partial charge >= 0.3 is 0 Å². The van der Waals surface area contributed by atoms with Crippen LogP contribution in [0, 0.1) is 0 Å². The van der Waals surface area contributed by atoms with Crippen LogP contribution in [0.15, 0.2) is 47.4 Å². The first-order valence-corrected chi connectivity index (χ1v) is 7.10. The van der Waals surface area contributed by atoms with Crippen LogP contribution in [-0.4, -0.2) is 10.5 Å². The molecule has 0 fully saturated rings. The third kappa shape index (κ3) is 3.95. The van der Waals surface area contributed by atoms with E-state index >= 15 is 0 Å². The number of para-hydroxylation sites is 1. The Morgan fingerprint density at radius 1 is 1.24 bits per heavy atom. The zero-order chi connectivity index (χ0) is 15.4. The maximum absolute atomic E-state index is 12.1. The molecule has 0 aliphatic rings. The molecule has 0 radical (unpaired) electrons. The molecule has 0 aliphatic carbocycles. The Hall–Kier alpha value is -2.07. The number of halogens is 1. The second-order valence-electron chi connectivity index (χ2n) is 5.10. The van der Waals surface area contributed by atoms with E-state index in [0.29, 0.717) is 10.9 Å². The van der Waals surface area contributed by atoms with Crippen LogP contribution in [0.5, 0.6) is 0 Å². The molecule has 0 spiro atoms. The first kappa shape index (κ1) is 15.3. The van der Waals surface area contributed by atoms with E-state index < -0.39 is 0 Å². The number of hydrogen-bond acceptors (Lipinski definition) is 2.